The normalized spacial score (nSPS) is 25.4. The van der Waals surface area contributed by atoms with E-state index in [9.17, 15) is 22.8 Å². The number of carbonyl (C=O) groups excluding carboxylic acids is 2. The Morgan fingerprint density at radius 1 is 1.38 bits per heavy atom. The Morgan fingerprint density at radius 2 is 2.10 bits per heavy atom. The zero-order chi connectivity index (χ0) is 21.1. The van der Waals surface area contributed by atoms with E-state index in [1.54, 1.807) is 19.2 Å². The third-order valence-electron chi connectivity index (χ3n) is 5.10. The number of ether oxygens (including phenoxy) is 1. The van der Waals surface area contributed by atoms with Crippen molar-refractivity contribution in [3.8, 4) is 0 Å². The second-order valence-corrected chi connectivity index (χ2v) is 9.35. The number of carboxylic acid groups (broad SMARTS) is 1. The molecule has 0 aliphatic carbocycles. The summed E-state index contributed by atoms with van der Waals surface area (Å²) in [6, 6.07) is 1.72. The molecular weight excluding hydrogens is 426 g/mol. The minimum absolute atomic E-state index is 0.178. The predicted octanol–water partition coefficient (Wildman–Crippen LogP) is 1.06. The van der Waals surface area contributed by atoms with Gasteiger partial charge in [0.1, 0.15) is 6.04 Å². The van der Waals surface area contributed by atoms with Crippen LogP contribution in [0.3, 0.4) is 0 Å². The molecule has 1 unspecified atom stereocenters. The zero-order valence-corrected chi connectivity index (χ0v) is 17.0. The van der Waals surface area contributed by atoms with Gasteiger partial charge in [0.2, 0.25) is 0 Å². The van der Waals surface area contributed by atoms with Gasteiger partial charge in [-0.1, -0.05) is 0 Å². The van der Waals surface area contributed by atoms with Crippen molar-refractivity contribution in [3.05, 3.63) is 29.2 Å². The number of piperidine rings is 1. The summed E-state index contributed by atoms with van der Waals surface area (Å²) in [7, 11) is -2.38. The first-order valence-electron chi connectivity index (χ1n) is 8.55. The topological polar surface area (TPSA) is 134 Å². The van der Waals surface area contributed by atoms with E-state index in [2.05, 4.69) is 4.74 Å². The molecule has 0 spiro atoms. The van der Waals surface area contributed by atoms with Gasteiger partial charge in [0.25, 0.3) is 11.8 Å². The van der Waals surface area contributed by atoms with Crippen LogP contribution in [0.1, 0.15) is 6.42 Å². The SMILES string of the molecule is CN(C(=O)N1CCC2C(OS(C)(=O)=O)=C(OC(=O)O)N3C(=O)[C@@H]1[C@@H]23)c1cccs1. The molecule has 4 rings (SSSR count). The quantitative estimate of drug-likeness (QED) is 0.415. The third-order valence-corrected chi connectivity index (χ3v) is 6.53. The maximum Gasteiger partial charge on any atom is 0.512 e. The monoisotopic (exact) mass is 443 g/mol. The Labute approximate surface area is 169 Å². The fraction of sp³-hybridized carbons (Fsp3) is 0.438. The number of anilines is 1. The highest BCUT2D eigenvalue weighted by Crippen LogP contribution is 2.50. The van der Waals surface area contributed by atoms with Crippen LogP contribution in [0.4, 0.5) is 14.6 Å². The predicted molar refractivity (Wildman–Crippen MR) is 99.4 cm³/mol. The van der Waals surface area contributed by atoms with Gasteiger partial charge in [-0.05, 0) is 23.9 Å². The maximum atomic E-state index is 13.0. The van der Waals surface area contributed by atoms with E-state index in [4.69, 9.17) is 9.29 Å². The van der Waals surface area contributed by atoms with Crippen molar-refractivity contribution in [2.75, 3.05) is 24.7 Å². The van der Waals surface area contributed by atoms with E-state index in [0.717, 1.165) is 11.2 Å². The zero-order valence-electron chi connectivity index (χ0n) is 15.3. The molecule has 0 radical (unpaired) electrons. The van der Waals surface area contributed by atoms with Gasteiger partial charge in [-0.25, -0.2) is 9.59 Å². The standard InChI is InChI=1S/C16H17N3O8S2/c1-17(9-4-3-7-28-9)15(21)18-6-5-8-10-11(18)13(20)19(10)14(26-16(22)23)12(8)27-29(2,24)25/h3-4,7-8,10-11H,5-6H2,1-2H3,(H,22,23)/t8?,10-,11+/m1/s1. The highest BCUT2D eigenvalue weighted by atomic mass is 32.2. The van der Waals surface area contributed by atoms with Gasteiger partial charge < -0.3 is 18.9 Å². The molecule has 0 aromatic carbocycles. The van der Waals surface area contributed by atoms with Gasteiger partial charge in [-0.15, -0.1) is 11.3 Å². The minimum atomic E-state index is -3.98. The molecule has 3 atom stereocenters. The fourth-order valence-corrected chi connectivity index (χ4v) is 5.22. The number of β-lactam (4-membered cyclic amide) rings is 1. The summed E-state index contributed by atoms with van der Waals surface area (Å²) in [5.41, 5.74) is 0. The number of urea groups is 1. The highest BCUT2D eigenvalue weighted by Gasteiger charge is 2.66. The smallest absolute Gasteiger partial charge is 0.449 e. The molecule has 3 aliphatic rings. The molecule has 0 bridgehead atoms. The molecule has 13 heteroatoms. The van der Waals surface area contributed by atoms with Gasteiger partial charge in [0, 0.05) is 19.5 Å². The molecule has 2 saturated heterocycles. The lowest BCUT2D eigenvalue weighted by Gasteiger charge is -2.52. The summed E-state index contributed by atoms with van der Waals surface area (Å²) in [6.07, 6.45) is -0.594. The third kappa shape index (κ3) is 3.09. The van der Waals surface area contributed by atoms with Crippen LogP contribution in [0.5, 0.6) is 0 Å². The molecular formula is C16H17N3O8S2. The second kappa shape index (κ2) is 6.62. The average Bonchev–Trinajstić information content (AvgIpc) is 3.24. The van der Waals surface area contributed by atoms with Crippen molar-refractivity contribution in [1.29, 1.82) is 0 Å². The van der Waals surface area contributed by atoms with Crippen molar-refractivity contribution in [2.45, 2.75) is 18.5 Å². The van der Waals surface area contributed by atoms with E-state index in [1.165, 1.54) is 21.1 Å². The number of amides is 3. The van der Waals surface area contributed by atoms with Crippen LogP contribution in [0.25, 0.3) is 0 Å². The van der Waals surface area contributed by atoms with Gasteiger partial charge >= 0.3 is 22.3 Å². The molecule has 11 nitrogen and oxygen atoms in total. The summed E-state index contributed by atoms with van der Waals surface area (Å²) >= 11 is 1.37. The van der Waals surface area contributed by atoms with Gasteiger partial charge in [0.15, 0.2) is 5.76 Å². The van der Waals surface area contributed by atoms with Crippen molar-refractivity contribution in [3.63, 3.8) is 0 Å². The van der Waals surface area contributed by atoms with Crippen molar-refractivity contribution >= 4 is 44.5 Å². The molecule has 3 amide bonds. The molecule has 1 aromatic rings. The Kier molecular flexibility index (Phi) is 4.46. The first kappa shape index (κ1) is 19.5. The Morgan fingerprint density at radius 3 is 2.69 bits per heavy atom. The number of thiophene rings is 1. The number of carbonyl (C=O) groups is 3. The fourth-order valence-electron chi connectivity index (χ4n) is 4.00. The van der Waals surface area contributed by atoms with Crippen molar-refractivity contribution in [2.24, 2.45) is 5.92 Å². The molecule has 2 fully saturated rings. The lowest BCUT2D eigenvalue weighted by Crippen LogP contribution is -2.74. The van der Waals surface area contributed by atoms with Crippen LogP contribution in [0.2, 0.25) is 0 Å². The summed E-state index contributed by atoms with van der Waals surface area (Å²) in [4.78, 5) is 40.7. The van der Waals surface area contributed by atoms with Gasteiger partial charge in [0.05, 0.1) is 17.3 Å². The average molecular weight is 443 g/mol. The number of likely N-dealkylation sites (tertiary alicyclic amines) is 1. The number of nitrogens with zero attached hydrogens (tertiary/aromatic N) is 3. The first-order valence-corrected chi connectivity index (χ1v) is 11.2. The van der Waals surface area contributed by atoms with Crippen LogP contribution in [-0.2, 0) is 23.8 Å². The molecule has 1 aromatic heterocycles. The molecule has 4 heterocycles. The van der Waals surface area contributed by atoms with Crippen molar-refractivity contribution < 1.29 is 36.8 Å². The van der Waals surface area contributed by atoms with Crippen LogP contribution < -0.4 is 4.90 Å². The summed E-state index contributed by atoms with van der Waals surface area (Å²) in [5, 5.41) is 11.5. The lowest BCUT2D eigenvalue weighted by atomic mass is 9.80. The number of hydrogen-bond donors (Lipinski definition) is 1. The molecule has 0 saturated carbocycles. The Hall–Kier alpha value is -2.80. The van der Waals surface area contributed by atoms with E-state index in [1.807, 2.05) is 5.38 Å². The first-order chi connectivity index (χ1) is 13.6. The van der Waals surface area contributed by atoms with Crippen LogP contribution in [0.15, 0.2) is 29.2 Å². The van der Waals surface area contributed by atoms with E-state index in [0.29, 0.717) is 5.00 Å². The Bertz CT molecular complexity index is 1020. The second-order valence-electron chi connectivity index (χ2n) is 6.85. The van der Waals surface area contributed by atoms with Crippen LogP contribution in [-0.4, -0.2) is 73.3 Å². The largest absolute Gasteiger partial charge is 0.512 e. The van der Waals surface area contributed by atoms with E-state index in [-0.39, 0.29) is 24.8 Å². The van der Waals surface area contributed by atoms with Crippen LogP contribution in [0, 0.1) is 5.92 Å². The summed E-state index contributed by atoms with van der Waals surface area (Å²) in [5.74, 6) is -1.79. The van der Waals surface area contributed by atoms with E-state index < -0.39 is 46.1 Å². The minimum Gasteiger partial charge on any atom is -0.449 e. The molecule has 156 valence electrons. The van der Waals surface area contributed by atoms with Gasteiger partial charge in [-0.2, -0.15) is 8.42 Å². The molecule has 3 aliphatic heterocycles. The maximum absolute atomic E-state index is 13.0. The van der Waals surface area contributed by atoms with Gasteiger partial charge in [-0.3, -0.25) is 14.6 Å². The number of rotatable bonds is 4. The summed E-state index contributed by atoms with van der Waals surface area (Å²) < 4.78 is 33.0. The highest BCUT2D eigenvalue weighted by molar-refractivity contribution is 7.86. The van der Waals surface area contributed by atoms with E-state index >= 15 is 0 Å². The van der Waals surface area contributed by atoms with Crippen molar-refractivity contribution in [1.82, 2.24) is 9.80 Å². The number of hydrogen-bond acceptors (Lipinski definition) is 8. The Balaban J connectivity index is 1.63. The van der Waals surface area contributed by atoms with Crippen LogP contribution >= 0.6 is 11.3 Å². The summed E-state index contributed by atoms with van der Waals surface area (Å²) in [6.45, 7) is 0.178. The molecule has 29 heavy (non-hydrogen) atoms. The molecule has 1 N–H and O–H groups in total. The lowest BCUT2D eigenvalue weighted by molar-refractivity contribution is -0.160.